The average Bonchev–Trinajstić information content (AvgIpc) is 2.70. The molecule has 3 nitrogen and oxygen atoms in total. The Kier molecular flexibility index (Phi) is 14.8. The number of hydrogen-bond acceptors (Lipinski definition) is 2. The predicted octanol–water partition coefficient (Wildman–Crippen LogP) is 6.84. The van der Waals surface area contributed by atoms with Crippen molar-refractivity contribution in [3.8, 4) is 5.75 Å². The van der Waals surface area contributed by atoms with Crippen LogP contribution >= 0.6 is 0 Å². The van der Waals surface area contributed by atoms with Crippen molar-refractivity contribution >= 4 is 11.6 Å². The molecule has 1 aromatic carbocycles. The molecule has 0 atom stereocenters. The van der Waals surface area contributed by atoms with Gasteiger partial charge in [0.05, 0.1) is 0 Å². The molecule has 1 aromatic rings. The highest BCUT2D eigenvalue weighted by Crippen LogP contribution is 2.13. The van der Waals surface area contributed by atoms with E-state index in [1.54, 1.807) is 12.1 Å². The molecule has 29 heavy (non-hydrogen) atoms. The number of nitrogens with one attached hydrogen (secondary N) is 1. The molecule has 0 fully saturated rings. The number of amides is 1. The smallest absolute Gasteiger partial charge is 0.224 e. The van der Waals surface area contributed by atoms with Crippen LogP contribution in [0.1, 0.15) is 71.1 Å². The van der Waals surface area contributed by atoms with Gasteiger partial charge in [0.1, 0.15) is 0 Å². The van der Waals surface area contributed by atoms with Crippen LogP contribution in [0.2, 0.25) is 0 Å². The minimum absolute atomic E-state index is 0.0495. The number of unbranched alkanes of at least 4 members (excludes halogenated alkanes) is 4. The lowest BCUT2D eigenvalue weighted by molar-refractivity contribution is -0.268. The van der Waals surface area contributed by atoms with E-state index in [2.05, 4.69) is 60.8 Å². The zero-order valence-electron chi connectivity index (χ0n) is 17.8. The first kappa shape index (κ1) is 24.5. The standard InChI is InChI=1S/C26H37NO2/c1-2-3-4-5-6-7-8-9-10-11-12-13-14-15-16-17-18-22-26(29)27-24-20-19-21-25(28)23-24/h6-7,9-10,12-13,15-16,19-21,23,28H,2-5,8,11,14,17-18,22H2,1H3,(H,27,29)/p-1. The van der Waals surface area contributed by atoms with Crippen molar-refractivity contribution in [2.75, 3.05) is 5.32 Å². The number of rotatable bonds is 15. The summed E-state index contributed by atoms with van der Waals surface area (Å²) < 4.78 is 0. The molecule has 0 saturated carbocycles. The molecule has 1 amide bonds. The zero-order chi connectivity index (χ0) is 21.0. The van der Waals surface area contributed by atoms with Gasteiger partial charge in [0, 0.05) is 12.1 Å². The maximum absolute atomic E-state index is 11.8. The summed E-state index contributed by atoms with van der Waals surface area (Å²) in [5, 5.41) is 14.0. The topological polar surface area (TPSA) is 52.2 Å². The van der Waals surface area contributed by atoms with Gasteiger partial charge in [-0.05, 0) is 57.1 Å². The Morgan fingerprint density at radius 2 is 1.45 bits per heavy atom. The van der Waals surface area contributed by atoms with E-state index in [0.717, 1.165) is 32.1 Å². The molecule has 0 aliphatic rings. The van der Waals surface area contributed by atoms with Gasteiger partial charge in [0.2, 0.25) is 5.91 Å². The fraction of sp³-hybridized carbons (Fsp3) is 0.423. The second-order valence-corrected chi connectivity index (χ2v) is 7.06. The lowest BCUT2D eigenvalue weighted by Crippen LogP contribution is -2.11. The molecule has 3 heteroatoms. The first-order chi connectivity index (χ1) is 14.2. The second-order valence-electron chi connectivity index (χ2n) is 7.06. The summed E-state index contributed by atoms with van der Waals surface area (Å²) >= 11 is 0. The van der Waals surface area contributed by atoms with Crippen LogP contribution in [0, 0.1) is 0 Å². The van der Waals surface area contributed by atoms with Crippen LogP contribution < -0.4 is 10.4 Å². The van der Waals surface area contributed by atoms with Crippen LogP contribution in [-0.2, 0) is 4.79 Å². The maximum Gasteiger partial charge on any atom is 0.224 e. The molecule has 158 valence electrons. The third-order valence-corrected chi connectivity index (χ3v) is 4.35. The molecule has 1 rings (SSSR count). The maximum atomic E-state index is 11.8. The third kappa shape index (κ3) is 15.1. The van der Waals surface area contributed by atoms with Crippen molar-refractivity contribution in [2.24, 2.45) is 0 Å². The third-order valence-electron chi connectivity index (χ3n) is 4.35. The molecule has 0 aliphatic heterocycles. The van der Waals surface area contributed by atoms with Gasteiger partial charge in [-0.1, -0.05) is 80.5 Å². The summed E-state index contributed by atoms with van der Waals surface area (Å²) in [6.07, 6.45) is 27.8. The highest BCUT2D eigenvalue weighted by atomic mass is 16.3. The molecule has 0 heterocycles. The minimum Gasteiger partial charge on any atom is -0.872 e. The normalized spacial score (nSPS) is 12.0. The monoisotopic (exact) mass is 394 g/mol. The van der Waals surface area contributed by atoms with Gasteiger partial charge >= 0.3 is 0 Å². The Hall–Kier alpha value is -2.55. The Labute approximate surface area is 176 Å². The van der Waals surface area contributed by atoms with E-state index >= 15 is 0 Å². The summed E-state index contributed by atoms with van der Waals surface area (Å²) in [7, 11) is 0. The Morgan fingerprint density at radius 3 is 2.03 bits per heavy atom. The summed E-state index contributed by atoms with van der Waals surface area (Å²) in [5.41, 5.74) is 0.570. The molecule has 0 aromatic heterocycles. The Morgan fingerprint density at radius 1 is 0.862 bits per heavy atom. The predicted molar refractivity (Wildman–Crippen MR) is 123 cm³/mol. The fourth-order valence-electron chi connectivity index (χ4n) is 2.74. The van der Waals surface area contributed by atoms with Crippen LogP contribution in [0.15, 0.2) is 72.9 Å². The van der Waals surface area contributed by atoms with Crippen LogP contribution in [0.3, 0.4) is 0 Å². The number of carbonyl (C=O) groups excluding carboxylic acids is 1. The van der Waals surface area contributed by atoms with Crippen LogP contribution in [0.25, 0.3) is 0 Å². The summed E-state index contributed by atoms with van der Waals surface area (Å²) in [5.74, 6) is -0.143. The van der Waals surface area contributed by atoms with Gasteiger partial charge in [-0.15, -0.1) is 5.75 Å². The van der Waals surface area contributed by atoms with Crippen molar-refractivity contribution in [3.05, 3.63) is 72.9 Å². The Bertz CT molecular complexity index is 671. The molecule has 1 N–H and O–H groups in total. The minimum atomic E-state index is -0.0936. The molecular formula is C26H36NO2-. The highest BCUT2D eigenvalue weighted by molar-refractivity contribution is 5.90. The molecule has 0 radical (unpaired) electrons. The fourth-order valence-corrected chi connectivity index (χ4v) is 2.74. The van der Waals surface area contributed by atoms with E-state index in [1.165, 1.54) is 37.8 Å². The van der Waals surface area contributed by atoms with Crippen LogP contribution in [0.5, 0.6) is 5.75 Å². The van der Waals surface area contributed by atoms with Crippen molar-refractivity contribution in [3.63, 3.8) is 0 Å². The largest absolute Gasteiger partial charge is 0.872 e. The molecule has 0 saturated heterocycles. The first-order valence-corrected chi connectivity index (χ1v) is 10.9. The lowest BCUT2D eigenvalue weighted by atomic mass is 10.2. The van der Waals surface area contributed by atoms with Crippen molar-refractivity contribution in [1.29, 1.82) is 0 Å². The van der Waals surface area contributed by atoms with Gasteiger partial charge in [0.25, 0.3) is 0 Å². The highest BCUT2D eigenvalue weighted by Gasteiger charge is 2.00. The summed E-state index contributed by atoms with van der Waals surface area (Å²) in [4.78, 5) is 11.8. The van der Waals surface area contributed by atoms with E-state index in [1.807, 2.05) is 0 Å². The van der Waals surface area contributed by atoms with Crippen molar-refractivity contribution in [2.45, 2.75) is 71.1 Å². The van der Waals surface area contributed by atoms with Gasteiger partial charge < -0.3 is 10.4 Å². The molecule has 0 unspecified atom stereocenters. The molecule has 0 bridgehead atoms. The van der Waals surface area contributed by atoms with E-state index < -0.39 is 0 Å². The van der Waals surface area contributed by atoms with Crippen LogP contribution in [-0.4, -0.2) is 5.91 Å². The number of benzene rings is 1. The number of anilines is 1. The summed E-state index contributed by atoms with van der Waals surface area (Å²) in [6, 6.07) is 6.28. The number of hydrogen-bond donors (Lipinski definition) is 1. The average molecular weight is 395 g/mol. The van der Waals surface area contributed by atoms with E-state index in [9.17, 15) is 9.90 Å². The second kappa shape index (κ2) is 17.5. The number of carbonyl (C=O) groups is 1. The van der Waals surface area contributed by atoms with Crippen molar-refractivity contribution < 1.29 is 9.90 Å². The lowest BCUT2D eigenvalue weighted by Gasteiger charge is -2.09. The quantitative estimate of drug-likeness (QED) is 0.261. The van der Waals surface area contributed by atoms with Gasteiger partial charge in [-0.25, -0.2) is 0 Å². The SMILES string of the molecule is CCCCCC=CCC=CCC=CCC=CCCCC(=O)Nc1cccc([O-])c1. The summed E-state index contributed by atoms with van der Waals surface area (Å²) in [6.45, 7) is 2.23. The van der Waals surface area contributed by atoms with Crippen LogP contribution in [0.4, 0.5) is 5.69 Å². The van der Waals surface area contributed by atoms with E-state index in [4.69, 9.17) is 0 Å². The molecular weight excluding hydrogens is 358 g/mol. The number of allylic oxidation sites excluding steroid dienone is 8. The van der Waals surface area contributed by atoms with E-state index in [-0.39, 0.29) is 11.7 Å². The molecule has 0 aliphatic carbocycles. The first-order valence-electron chi connectivity index (χ1n) is 10.9. The zero-order valence-corrected chi connectivity index (χ0v) is 17.8. The van der Waals surface area contributed by atoms with Gasteiger partial charge in [-0.2, -0.15) is 0 Å². The van der Waals surface area contributed by atoms with Crippen molar-refractivity contribution in [1.82, 2.24) is 0 Å². The van der Waals surface area contributed by atoms with E-state index in [0.29, 0.717) is 12.1 Å². The van der Waals surface area contributed by atoms with Gasteiger partial charge in [-0.3, -0.25) is 4.79 Å². The molecule has 0 spiro atoms. The van der Waals surface area contributed by atoms with Gasteiger partial charge in [0.15, 0.2) is 0 Å². The Balaban J connectivity index is 1.99.